The molecule has 0 radical (unpaired) electrons. The summed E-state index contributed by atoms with van der Waals surface area (Å²) in [5.74, 6) is 0. The molecule has 0 unspecified atom stereocenters. The topological polar surface area (TPSA) is 58.6 Å². The van der Waals surface area contributed by atoms with E-state index >= 15 is 0 Å². The van der Waals surface area contributed by atoms with E-state index in [4.69, 9.17) is 16.3 Å². The molecule has 0 saturated carbocycles. The maximum atomic E-state index is 12.1. The van der Waals surface area contributed by atoms with Crippen molar-refractivity contribution in [2.24, 2.45) is 0 Å². The van der Waals surface area contributed by atoms with Gasteiger partial charge in [-0.05, 0) is 41.2 Å². The fraction of sp³-hybridized carbons (Fsp3) is 0.500. The first-order valence-electron chi connectivity index (χ1n) is 5.99. The van der Waals surface area contributed by atoms with Crippen LogP contribution in [0.1, 0.15) is 0 Å². The number of sulfonamides is 1. The Morgan fingerprint density at radius 3 is 2.70 bits per heavy atom. The van der Waals surface area contributed by atoms with Crippen molar-refractivity contribution >= 4 is 37.6 Å². The Labute approximate surface area is 133 Å². The summed E-state index contributed by atoms with van der Waals surface area (Å²) in [4.78, 5) is 2.18. The molecule has 5 nitrogen and oxygen atoms in total. The molecule has 0 amide bonds. The molecule has 0 bridgehead atoms. The summed E-state index contributed by atoms with van der Waals surface area (Å²) in [6, 6.07) is 4.51. The van der Waals surface area contributed by atoms with Crippen LogP contribution in [0.5, 0.6) is 0 Å². The maximum Gasteiger partial charge on any atom is 0.240 e. The van der Waals surface area contributed by atoms with Crippen LogP contribution in [-0.4, -0.2) is 53.7 Å². The van der Waals surface area contributed by atoms with E-state index in [1.54, 1.807) is 13.2 Å². The van der Waals surface area contributed by atoms with Crippen LogP contribution in [0.25, 0.3) is 0 Å². The van der Waals surface area contributed by atoms with Crippen LogP contribution in [0.3, 0.4) is 0 Å². The molecule has 20 heavy (non-hydrogen) atoms. The average molecular weight is 386 g/mol. The number of rotatable bonds is 8. The lowest BCUT2D eigenvalue weighted by molar-refractivity contribution is 0.162. The van der Waals surface area contributed by atoms with Crippen LogP contribution in [0.15, 0.2) is 27.6 Å². The molecule has 1 rings (SSSR count). The predicted octanol–water partition coefficient (Wildman–Crippen LogP) is 1.96. The number of hydrogen-bond acceptors (Lipinski definition) is 4. The van der Waals surface area contributed by atoms with Crippen molar-refractivity contribution < 1.29 is 13.2 Å². The Hall–Kier alpha value is -0.180. The quantitative estimate of drug-likeness (QED) is 0.743. The zero-order chi connectivity index (χ0) is 15.2. The van der Waals surface area contributed by atoms with Gasteiger partial charge in [0.15, 0.2) is 0 Å². The van der Waals surface area contributed by atoms with E-state index in [0.717, 1.165) is 6.54 Å². The van der Waals surface area contributed by atoms with E-state index in [1.165, 1.54) is 12.1 Å². The van der Waals surface area contributed by atoms with Gasteiger partial charge in [0.2, 0.25) is 10.0 Å². The molecule has 0 heterocycles. The maximum absolute atomic E-state index is 12.1. The minimum Gasteiger partial charge on any atom is -0.383 e. The smallest absolute Gasteiger partial charge is 0.240 e. The molecule has 0 atom stereocenters. The number of methoxy groups -OCH3 is 1. The summed E-state index contributed by atoms with van der Waals surface area (Å²) in [5.41, 5.74) is 0. The van der Waals surface area contributed by atoms with Gasteiger partial charge in [0.05, 0.1) is 16.5 Å². The van der Waals surface area contributed by atoms with E-state index in [2.05, 4.69) is 20.7 Å². The van der Waals surface area contributed by atoms with E-state index in [1.807, 2.05) is 11.9 Å². The number of ether oxygens (including phenoxy) is 1. The summed E-state index contributed by atoms with van der Waals surface area (Å²) in [6.07, 6.45) is 0. The van der Waals surface area contributed by atoms with Crippen LogP contribution in [0.4, 0.5) is 0 Å². The third-order valence-corrected chi connectivity index (χ3v) is 5.34. The molecule has 0 aromatic heterocycles. The second kappa shape index (κ2) is 8.31. The standard InChI is InChI=1S/C12H18BrClN2O3S/c1-16(7-8-19-2)6-5-15-20(17,18)10-3-4-12(14)11(13)9-10/h3-4,9,15H,5-8H2,1-2H3. The third-order valence-electron chi connectivity index (χ3n) is 2.66. The van der Waals surface area contributed by atoms with E-state index in [-0.39, 0.29) is 4.90 Å². The van der Waals surface area contributed by atoms with Crippen molar-refractivity contribution in [2.75, 3.05) is 40.4 Å². The Morgan fingerprint density at radius 1 is 1.40 bits per heavy atom. The Morgan fingerprint density at radius 2 is 2.10 bits per heavy atom. The lowest BCUT2D eigenvalue weighted by Crippen LogP contribution is -2.34. The molecule has 1 aromatic rings. The highest BCUT2D eigenvalue weighted by atomic mass is 79.9. The average Bonchev–Trinajstić information content (AvgIpc) is 2.39. The summed E-state index contributed by atoms with van der Waals surface area (Å²) >= 11 is 9.06. The zero-order valence-corrected chi connectivity index (χ0v) is 14.6. The molecule has 0 saturated heterocycles. The van der Waals surface area contributed by atoms with Gasteiger partial charge in [0.25, 0.3) is 0 Å². The third kappa shape index (κ3) is 5.67. The number of nitrogens with one attached hydrogen (secondary N) is 1. The van der Waals surface area contributed by atoms with Gasteiger partial charge < -0.3 is 9.64 Å². The predicted molar refractivity (Wildman–Crippen MR) is 83.7 cm³/mol. The number of hydrogen-bond donors (Lipinski definition) is 1. The molecule has 1 N–H and O–H groups in total. The van der Waals surface area contributed by atoms with Crippen molar-refractivity contribution in [3.8, 4) is 0 Å². The van der Waals surface area contributed by atoms with Crippen molar-refractivity contribution in [3.63, 3.8) is 0 Å². The molecule has 0 aliphatic rings. The lowest BCUT2D eigenvalue weighted by atomic mass is 10.4. The highest BCUT2D eigenvalue weighted by Gasteiger charge is 2.14. The molecular formula is C12H18BrClN2O3S. The van der Waals surface area contributed by atoms with Gasteiger partial charge >= 0.3 is 0 Å². The van der Waals surface area contributed by atoms with Gasteiger partial charge in [-0.1, -0.05) is 11.6 Å². The minimum absolute atomic E-state index is 0.188. The summed E-state index contributed by atoms with van der Waals surface area (Å²) in [6.45, 7) is 2.32. The number of halogens is 2. The van der Waals surface area contributed by atoms with Gasteiger partial charge in [-0.25, -0.2) is 13.1 Å². The van der Waals surface area contributed by atoms with Crippen LogP contribution < -0.4 is 4.72 Å². The second-order valence-corrected chi connectivity index (χ2v) is 7.30. The highest BCUT2D eigenvalue weighted by molar-refractivity contribution is 9.10. The summed E-state index contributed by atoms with van der Waals surface area (Å²) < 4.78 is 32.2. The lowest BCUT2D eigenvalue weighted by Gasteiger charge is -2.16. The largest absolute Gasteiger partial charge is 0.383 e. The van der Waals surface area contributed by atoms with Crippen molar-refractivity contribution in [1.29, 1.82) is 0 Å². The van der Waals surface area contributed by atoms with Gasteiger partial charge in [-0.15, -0.1) is 0 Å². The van der Waals surface area contributed by atoms with E-state index in [0.29, 0.717) is 29.2 Å². The molecule has 0 aliphatic heterocycles. The van der Waals surface area contributed by atoms with Crippen molar-refractivity contribution in [3.05, 3.63) is 27.7 Å². The minimum atomic E-state index is -3.51. The molecular weight excluding hydrogens is 368 g/mol. The van der Waals surface area contributed by atoms with Crippen LogP contribution in [-0.2, 0) is 14.8 Å². The number of nitrogens with zero attached hydrogens (tertiary/aromatic N) is 1. The fourth-order valence-electron chi connectivity index (χ4n) is 1.46. The zero-order valence-electron chi connectivity index (χ0n) is 11.4. The van der Waals surface area contributed by atoms with E-state index < -0.39 is 10.0 Å². The highest BCUT2D eigenvalue weighted by Crippen LogP contribution is 2.25. The van der Waals surface area contributed by atoms with Crippen molar-refractivity contribution in [2.45, 2.75) is 4.90 Å². The van der Waals surface area contributed by atoms with Gasteiger partial charge in [-0.3, -0.25) is 0 Å². The van der Waals surface area contributed by atoms with Crippen molar-refractivity contribution in [1.82, 2.24) is 9.62 Å². The van der Waals surface area contributed by atoms with Crippen LogP contribution in [0.2, 0.25) is 5.02 Å². The fourth-order valence-corrected chi connectivity index (χ4v) is 3.15. The number of benzene rings is 1. The second-order valence-electron chi connectivity index (χ2n) is 4.27. The molecule has 114 valence electrons. The Kier molecular flexibility index (Phi) is 7.42. The van der Waals surface area contributed by atoms with Gasteiger partial charge in [0, 0.05) is 31.2 Å². The van der Waals surface area contributed by atoms with Gasteiger partial charge in [-0.2, -0.15) is 0 Å². The normalized spacial score (nSPS) is 12.1. The molecule has 0 fully saturated rings. The van der Waals surface area contributed by atoms with Gasteiger partial charge in [0.1, 0.15) is 0 Å². The van der Waals surface area contributed by atoms with E-state index in [9.17, 15) is 8.42 Å². The summed E-state index contributed by atoms with van der Waals surface area (Å²) in [7, 11) is 0.0305. The first kappa shape index (κ1) is 17.9. The SMILES string of the molecule is COCCN(C)CCNS(=O)(=O)c1ccc(Cl)c(Br)c1. The molecule has 0 spiro atoms. The Bertz CT molecular complexity index is 540. The molecule has 8 heteroatoms. The monoisotopic (exact) mass is 384 g/mol. The summed E-state index contributed by atoms with van der Waals surface area (Å²) in [5, 5.41) is 0.475. The number of likely N-dealkylation sites (N-methyl/N-ethyl adjacent to an activating group) is 1. The molecule has 0 aliphatic carbocycles. The van der Waals surface area contributed by atoms with Crippen LogP contribution >= 0.6 is 27.5 Å². The van der Waals surface area contributed by atoms with Crippen LogP contribution in [0, 0.1) is 0 Å². The first-order valence-corrected chi connectivity index (χ1v) is 8.64. The first-order chi connectivity index (χ1) is 9.36. The molecule has 1 aromatic carbocycles. The Balaban J connectivity index is 2.55.